The van der Waals surface area contributed by atoms with E-state index in [4.69, 9.17) is 4.74 Å². The van der Waals surface area contributed by atoms with Gasteiger partial charge in [-0.1, -0.05) is 72.1 Å². The lowest BCUT2D eigenvalue weighted by molar-refractivity contribution is 0.196. The monoisotopic (exact) mass is 299 g/mol. The quantitative estimate of drug-likeness (QED) is 0.384. The van der Waals surface area contributed by atoms with Gasteiger partial charge in [0.1, 0.15) is 0 Å². The molecule has 0 saturated heterocycles. The Kier molecular flexibility index (Phi) is 16.2. The van der Waals surface area contributed by atoms with Crippen molar-refractivity contribution in [1.82, 2.24) is 5.32 Å². The summed E-state index contributed by atoms with van der Waals surface area (Å²) in [6.07, 6.45) is 14.1. The van der Waals surface area contributed by atoms with E-state index in [-0.39, 0.29) is 0 Å². The van der Waals surface area contributed by atoms with Gasteiger partial charge in [-0.3, -0.25) is 0 Å². The molecule has 0 saturated carbocycles. The Bertz CT molecular complexity index is 194. The Labute approximate surface area is 134 Å². The molecule has 0 aromatic carbocycles. The molecule has 0 fully saturated rings. The van der Waals surface area contributed by atoms with Crippen LogP contribution in [0.3, 0.4) is 0 Å². The van der Waals surface area contributed by atoms with Crippen LogP contribution in [-0.2, 0) is 4.74 Å². The van der Waals surface area contributed by atoms with Crippen LogP contribution >= 0.6 is 0 Å². The molecular formula is C19H41NO. The topological polar surface area (TPSA) is 21.3 Å². The Balaban J connectivity index is 3.56. The van der Waals surface area contributed by atoms with Gasteiger partial charge < -0.3 is 10.1 Å². The Morgan fingerprint density at radius 1 is 0.905 bits per heavy atom. The minimum absolute atomic E-state index is 0.813. The second kappa shape index (κ2) is 16.3. The molecule has 1 unspecified atom stereocenters. The maximum Gasteiger partial charge on any atom is 0.0587 e. The summed E-state index contributed by atoms with van der Waals surface area (Å²) in [7, 11) is 1.77. The molecule has 0 aliphatic rings. The van der Waals surface area contributed by atoms with E-state index in [0.29, 0.717) is 0 Å². The lowest BCUT2D eigenvalue weighted by atomic mass is 9.91. The average molecular weight is 300 g/mol. The summed E-state index contributed by atoms with van der Waals surface area (Å²) >= 11 is 0. The highest BCUT2D eigenvalue weighted by atomic mass is 16.5. The highest BCUT2D eigenvalue weighted by molar-refractivity contribution is 4.65. The molecule has 2 nitrogen and oxygen atoms in total. The van der Waals surface area contributed by atoms with Crippen molar-refractivity contribution in [3.05, 3.63) is 0 Å². The number of ether oxygens (including phenoxy) is 1. The van der Waals surface area contributed by atoms with Crippen LogP contribution in [0.5, 0.6) is 0 Å². The molecule has 0 radical (unpaired) electrons. The Morgan fingerprint density at radius 2 is 1.52 bits per heavy atom. The van der Waals surface area contributed by atoms with E-state index in [1.54, 1.807) is 7.11 Å². The van der Waals surface area contributed by atoms with Crippen molar-refractivity contribution in [1.29, 1.82) is 0 Å². The van der Waals surface area contributed by atoms with Crippen LogP contribution in [-0.4, -0.2) is 26.8 Å². The normalized spacial score (nSPS) is 13.0. The average Bonchev–Trinajstić information content (AvgIpc) is 2.45. The Hall–Kier alpha value is -0.0800. The maximum absolute atomic E-state index is 5.10. The predicted octanol–water partition coefficient (Wildman–Crippen LogP) is 5.42. The van der Waals surface area contributed by atoms with Gasteiger partial charge in [-0.25, -0.2) is 0 Å². The molecule has 0 aliphatic carbocycles. The summed E-state index contributed by atoms with van der Waals surface area (Å²) in [5.41, 5.74) is 0. The molecule has 0 rings (SSSR count). The zero-order valence-electron chi connectivity index (χ0n) is 15.3. The van der Waals surface area contributed by atoms with Crippen LogP contribution in [0.4, 0.5) is 0 Å². The fourth-order valence-electron chi connectivity index (χ4n) is 3.02. The maximum atomic E-state index is 5.10. The third kappa shape index (κ3) is 16.1. The van der Waals surface area contributed by atoms with Gasteiger partial charge in [0, 0.05) is 13.7 Å². The third-order valence-electron chi connectivity index (χ3n) is 4.19. The van der Waals surface area contributed by atoms with Gasteiger partial charge in [0.15, 0.2) is 0 Å². The standard InChI is InChI=1S/C19H41NO/c1-5-6-7-8-9-10-11-12-13-19(16-18(2)3)17-20-14-15-21-4/h18-20H,5-17H2,1-4H3. The van der Waals surface area contributed by atoms with E-state index in [1.807, 2.05) is 0 Å². The fraction of sp³-hybridized carbons (Fsp3) is 1.00. The summed E-state index contributed by atoms with van der Waals surface area (Å²) < 4.78 is 5.10. The van der Waals surface area contributed by atoms with E-state index in [2.05, 4.69) is 26.1 Å². The van der Waals surface area contributed by atoms with Crippen LogP contribution in [0, 0.1) is 11.8 Å². The first-order valence-corrected chi connectivity index (χ1v) is 9.40. The summed E-state index contributed by atoms with van der Waals surface area (Å²) in [5.74, 6) is 1.66. The molecule has 1 atom stereocenters. The van der Waals surface area contributed by atoms with Gasteiger partial charge in [-0.15, -0.1) is 0 Å². The number of nitrogens with one attached hydrogen (secondary N) is 1. The number of rotatable bonds is 16. The van der Waals surface area contributed by atoms with Crippen LogP contribution in [0.2, 0.25) is 0 Å². The highest BCUT2D eigenvalue weighted by Gasteiger charge is 2.10. The number of unbranched alkanes of at least 4 members (excludes halogenated alkanes) is 7. The molecule has 21 heavy (non-hydrogen) atoms. The molecule has 0 aromatic rings. The smallest absolute Gasteiger partial charge is 0.0587 e. The fourth-order valence-corrected chi connectivity index (χ4v) is 3.02. The third-order valence-corrected chi connectivity index (χ3v) is 4.19. The predicted molar refractivity (Wildman–Crippen MR) is 94.9 cm³/mol. The van der Waals surface area contributed by atoms with Crippen LogP contribution < -0.4 is 5.32 Å². The van der Waals surface area contributed by atoms with Crippen molar-refractivity contribution >= 4 is 0 Å². The van der Waals surface area contributed by atoms with Crippen molar-refractivity contribution in [3.63, 3.8) is 0 Å². The first-order valence-electron chi connectivity index (χ1n) is 9.40. The minimum Gasteiger partial charge on any atom is -0.383 e. The lowest BCUT2D eigenvalue weighted by Gasteiger charge is -2.19. The molecular weight excluding hydrogens is 258 g/mol. The molecule has 0 bridgehead atoms. The van der Waals surface area contributed by atoms with Crippen LogP contribution in [0.15, 0.2) is 0 Å². The number of hydrogen-bond donors (Lipinski definition) is 1. The molecule has 128 valence electrons. The van der Waals surface area contributed by atoms with E-state index in [1.165, 1.54) is 64.2 Å². The van der Waals surface area contributed by atoms with Gasteiger partial charge in [0.2, 0.25) is 0 Å². The van der Waals surface area contributed by atoms with Crippen molar-refractivity contribution in [3.8, 4) is 0 Å². The summed E-state index contributed by atoms with van der Waals surface area (Å²) in [6, 6.07) is 0. The Morgan fingerprint density at radius 3 is 2.10 bits per heavy atom. The van der Waals surface area contributed by atoms with E-state index in [9.17, 15) is 0 Å². The van der Waals surface area contributed by atoms with Gasteiger partial charge in [-0.2, -0.15) is 0 Å². The van der Waals surface area contributed by atoms with Crippen LogP contribution in [0.1, 0.15) is 85.0 Å². The van der Waals surface area contributed by atoms with Gasteiger partial charge in [0.25, 0.3) is 0 Å². The summed E-state index contributed by atoms with van der Waals surface area (Å²) in [4.78, 5) is 0. The second-order valence-corrected chi connectivity index (χ2v) is 6.96. The first-order chi connectivity index (χ1) is 10.2. The molecule has 2 heteroatoms. The molecule has 0 heterocycles. The van der Waals surface area contributed by atoms with E-state index in [0.717, 1.165) is 31.5 Å². The van der Waals surface area contributed by atoms with Gasteiger partial charge in [0.05, 0.1) is 6.61 Å². The van der Waals surface area contributed by atoms with Crippen molar-refractivity contribution in [2.45, 2.75) is 85.0 Å². The number of methoxy groups -OCH3 is 1. The molecule has 0 amide bonds. The summed E-state index contributed by atoms with van der Waals surface area (Å²) in [6.45, 7) is 9.95. The van der Waals surface area contributed by atoms with Crippen LogP contribution in [0.25, 0.3) is 0 Å². The lowest BCUT2D eigenvalue weighted by Crippen LogP contribution is -2.27. The minimum atomic E-state index is 0.813. The van der Waals surface area contributed by atoms with Crippen molar-refractivity contribution in [2.75, 3.05) is 26.8 Å². The van der Waals surface area contributed by atoms with Crippen molar-refractivity contribution < 1.29 is 4.74 Å². The second-order valence-electron chi connectivity index (χ2n) is 6.96. The largest absolute Gasteiger partial charge is 0.383 e. The molecule has 1 N–H and O–H groups in total. The zero-order chi connectivity index (χ0) is 15.8. The van der Waals surface area contributed by atoms with Crippen molar-refractivity contribution in [2.24, 2.45) is 11.8 Å². The molecule has 0 spiro atoms. The van der Waals surface area contributed by atoms with Gasteiger partial charge in [-0.05, 0) is 31.2 Å². The number of hydrogen-bond acceptors (Lipinski definition) is 2. The first kappa shape index (κ1) is 20.9. The SMILES string of the molecule is CCCCCCCCCCC(CNCCOC)CC(C)C. The van der Waals surface area contributed by atoms with E-state index >= 15 is 0 Å². The molecule has 0 aliphatic heterocycles. The highest BCUT2D eigenvalue weighted by Crippen LogP contribution is 2.19. The van der Waals surface area contributed by atoms with Gasteiger partial charge >= 0.3 is 0 Å². The van der Waals surface area contributed by atoms with E-state index < -0.39 is 0 Å². The molecule has 0 aromatic heterocycles. The summed E-state index contributed by atoms with van der Waals surface area (Å²) in [5, 5.41) is 3.54. The zero-order valence-corrected chi connectivity index (χ0v) is 15.3.